The lowest BCUT2D eigenvalue weighted by Gasteiger charge is -2.28. The molecule has 0 bridgehead atoms. The second kappa shape index (κ2) is 7.37. The van der Waals surface area contributed by atoms with Crippen molar-refractivity contribution in [1.29, 1.82) is 0 Å². The topological polar surface area (TPSA) is 57.7 Å². The van der Waals surface area contributed by atoms with Crippen molar-refractivity contribution in [2.45, 2.75) is 6.92 Å². The minimum atomic E-state index is -0.0454. The molecular formula is C23H24N4O2. The van der Waals surface area contributed by atoms with Crippen molar-refractivity contribution >= 4 is 28.3 Å². The maximum absolute atomic E-state index is 12.0. The number of morpholine rings is 1. The highest BCUT2D eigenvalue weighted by Crippen LogP contribution is 2.29. The molecule has 2 aliphatic heterocycles. The number of benzene rings is 2. The summed E-state index contributed by atoms with van der Waals surface area (Å²) in [6.45, 7) is 6.90. The van der Waals surface area contributed by atoms with E-state index in [-0.39, 0.29) is 6.03 Å². The molecule has 1 N–H and O–H groups in total. The van der Waals surface area contributed by atoms with Crippen LogP contribution in [-0.4, -0.2) is 50.4 Å². The zero-order valence-electron chi connectivity index (χ0n) is 16.5. The Morgan fingerprint density at radius 3 is 2.45 bits per heavy atom. The quantitative estimate of drug-likeness (QED) is 0.745. The van der Waals surface area contributed by atoms with E-state index in [0.29, 0.717) is 13.1 Å². The van der Waals surface area contributed by atoms with Gasteiger partial charge in [-0.15, -0.1) is 0 Å². The Morgan fingerprint density at radius 1 is 0.966 bits per heavy atom. The first-order valence-corrected chi connectivity index (χ1v) is 10.1. The van der Waals surface area contributed by atoms with Gasteiger partial charge in [0.15, 0.2) is 0 Å². The fourth-order valence-electron chi connectivity index (χ4n) is 4.09. The molecule has 1 aromatic heterocycles. The van der Waals surface area contributed by atoms with Crippen LogP contribution in [0.4, 0.5) is 16.2 Å². The molecule has 6 heteroatoms. The van der Waals surface area contributed by atoms with Crippen LogP contribution in [0.15, 0.2) is 48.5 Å². The molecule has 5 rings (SSSR count). The monoisotopic (exact) mass is 388 g/mol. The molecule has 0 saturated carbocycles. The fourth-order valence-corrected chi connectivity index (χ4v) is 4.09. The Labute approximate surface area is 170 Å². The zero-order chi connectivity index (χ0) is 19.8. The lowest BCUT2D eigenvalue weighted by atomic mass is 10.0. The van der Waals surface area contributed by atoms with Crippen LogP contribution in [0.25, 0.3) is 22.2 Å². The van der Waals surface area contributed by atoms with Crippen LogP contribution in [0.1, 0.15) is 5.56 Å². The third-order valence-corrected chi connectivity index (χ3v) is 5.71. The van der Waals surface area contributed by atoms with Crippen molar-refractivity contribution in [2.75, 3.05) is 49.2 Å². The number of urea groups is 1. The summed E-state index contributed by atoms with van der Waals surface area (Å²) in [5.41, 5.74) is 6.24. The average Bonchev–Trinajstić information content (AvgIpc) is 3.20. The molecule has 0 atom stereocenters. The van der Waals surface area contributed by atoms with E-state index in [4.69, 9.17) is 9.72 Å². The van der Waals surface area contributed by atoms with E-state index in [0.717, 1.165) is 54.2 Å². The fraction of sp³-hybridized carbons (Fsp3) is 0.304. The molecule has 3 aromatic rings. The van der Waals surface area contributed by atoms with Crippen LogP contribution in [0.5, 0.6) is 0 Å². The van der Waals surface area contributed by atoms with Crippen molar-refractivity contribution in [3.05, 3.63) is 54.1 Å². The number of carbonyl (C=O) groups excluding carboxylic acids is 1. The second-order valence-corrected chi connectivity index (χ2v) is 7.56. The summed E-state index contributed by atoms with van der Waals surface area (Å²) in [4.78, 5) is 21.0. The summed E-state index contributed by atoms with van der Waals surface area (Å²) in [5.74, 6) is 0. The first-order valence-electron chi connectivity index (χ1n) is 10.1. The minimum absolute atomic E-state index is 0.0454. The third kappa shape index (κ3) is 3.40. The summed E-state index contributed by atoms with van der Waals surface area (Å²) in [6.07, 6.45) is 0. The van der Waals surface area contributed by atoms with Gasteiger partial charge in [0.2, 0.25) is 0 Å². The molecule has 2 aromatic carbocycles. The van der Waals surface area contributed by atoms with Gasteiger partial charge in [-0.25, -0.2) is 9.78 Å². The highest BCUT2D eigenvalue weighted by Gasteiger charge is 2.21. The lowest BCUT2D eigenvalue weighted by Crippen LogP contribution is -2.36. The number of rotatable bonds is 3. The molecule has 0 aliphatic carbocycles. The largest absolute Gasteiger partial charge is 0.378 e. The molecule has 29 heavy (non-hydrogen) atoms. The SMILES string of the molecule is Cc1cc(-c2ccc(N3CCOCC3)cc2)nc2cc(N3CCNC3=O)ccc12. The molecular weight excluding hydrogens is 364 g/mol. The van der Waals surface area contributed by atoms with Gasteiger partial charge in [0, 0.05) is 48.5 Å². The number of carbonyl (C=O) groups is 1. The Morgan fingerprint density at radius 2 is 1.72 bits per heavy atom. The van der Waals surface area contributed by atoms with Gasteiger partial charge in [0.05, 0.1) is 24.4 Å². The zero-order valence-corrected chi connectivity index (χ0v) is 16.5. The van der Waals surface area contributed by atoms with Crippen molar-refractivity contribution in [3.63, 3.8) is 0 Å². The van der Waals surface area contributed by atoms with Crippen LogP contribution < -0.4 is 15.1 Å². The van der Waals surface area contributed by atoms with Gasteiger partial charge in [0.1, 0.15) is 0 Å². The van der Waals surface area contributed by atoms with Gasteiger partial charge in [-0.1, -0.05) is 18.2 Å². The molecule has 2 amide bonds. The highest BCUT2D eigenvalue weighted by molar-refractivity contribution is 5.97. The second-order valence-electron chi connectivity index (χ2n) is 7.56. The van der Waals surface area contributed by atoms with Crippen molar-refractivity contribution in [2.24, 2.45) is 0 Å². The number of fused-ring (bicyclic) bond motifs is 1. The van der Waals surface area contributed by atoms with Crippen molar-refractivity contribution in [3.8, 4) is 11.3 Å². The van der Waals surface area contributed by atoms with Crippen molar-refractivity contribution < 1.29 is 9.53 Å². The number of aromatic nitrogens is 1. The Kier molecular flexibility index (Phi) is 4.56. The Hall–Kier alpha value is -3.12. The predicted molar refractivity (Wildman–Crippen MR) is 116 cm³/mol. The maximum Gasteiger partial charge on any atom is 0.321 e. The molecule has 6 nitrogen and oxygen atoms in total. The summed E-state index contributed by atoms with van der Waals surface area (Å²) in [6, 6.07) is 16.7. The van der Waals surface area contributed by atoms with E-state index in [2.05, 4.69) is 53.5 Å². The van der Waals surface area contributed by atoms with Crippen LogP contribution in [-0.2, 0) is 4.74 Å². The van der Waals surface area contributed by atoms with E-state index in [1.807, 2.05) is 12.1 Å². The maximum atomic E-state index is 12.0. The number of hydrogen-bond acceptors (Lipinski definition) is 4. The molecule has 148 valence electrons. The highest BCUT2D eigenvalue weighted by atomic mass is 16.5. The number of hydrogen-bond donors (Lipinski definition) is 1. The lowest BCUT2D eigenvalue weighted by molar-refractivity contribution is 0.122. The number of amides is 2. The third-order valence-electron chi connectivity index (χ3n) is 5.71. The van der Waals surface area contributed by atoms with Crippen LogP contribution >= 0.6 is 0 Å². The number of ether oxygens (including phenoxy) is 1. The molecule has 0 radical (unpaired) electrons. The van der Waals surface area contributed by atoms with Gasteiger partial charge in [-0.3, -0.25) is 4.90 Å². The number of nitrogens with one attached hydrogen (secondary N) is 1. The van der Waals surface area contributed by atoms with E-state index in [1.165, 1.54) is 11.3 Å². The van der Waals surface area contributed by atoms with E-state index < -0.39 is 0 Å². The predicted octanol–water partition coefficient (Wildman–Crippen LogP) is 3.58. The molecule has 3 heterocycles. The summed E-state index contributed by atoms with van der Waals surface area (Å²) in [5, 5.41) is 3.96. The summed E-state index contributed by atoms with van der Waals surface area (Å²) < 4.78 is 5.44. The Bertz CT molecular complexity index is 1060. The summed E-state index contributed by atoms with van der Waals surface area (Å²) in [7, 11) is 0. The summed E-state index contributed by atoms with van der Waals surface area (Å²) >= 11 is 0. The van der Waals surface area contributed by atoms with Gasteiger partial charge in [0.25, 0.3) is 0 Å². The van der Waals surface area contributed by atoms with Crippen molar-refractivity contribution in [1.82, 2.24) is 10.3 Å². The standard InChI is InChI=1S/C23H24N4O2/c1-16-14-21(17-2-4-18(5-3-17)26-10-12-29-13-11-26)25-22-15-19(6-7-20(16)22)27-9-8-24-23(27)28/h2-7,14-15H,8-13H2,1H3,(H,24,28). The van der Waals surface area contributed by atoms with Crippen LogP contribution in [0.3, 0.4) is 0 Å². The number of anilines is 2. The molecule has 0 spiro atoms. The molecule has 0 unspecified atom stereocenters. The first-order chi connectivity index (χ1) is 14.2. The van der Waals surface area contributed by atoms with Gasteiger partial charge >= 0.3 is 6.03 Å². The number of pyridine rings is 1. The first kappa shape index (κ1) is 17.9. The Balaban J connectivity index is 1.48. The van der Waals surface area contributed by atoms with Gasteiger partial charge in [-0.2, -0.15) is 0 Å². The van der Waals surface area contributed by atoms with E-state index in [9.17, 15) is 4.79 Å². The van der Waals surface area contributed by atoms with Gasteiger partial charge < -0.3 is 15.0 Å². The number of nitrogens with zero attached hydrogens (tertiary/aromatic N) is 3. The van der Waals surface area contributed by atoms with E-state index in [1.54, 1.807) is 4.90 Å². The van der Waals surface area contributed by atoms with Crippen LogP contribution in [0.2, 0.25) is 0 Å². The van der Waals surface area contributed by atoms with Crippen LogP contribution in [0, 0.1) is 6.92 Å². The normalized spacial score (nSPS) is 17.1. The average molecular weight is 388 g/mol. The minimum Gasteiger partial charge on any atom is -0.378 e. The number of aryl methyl sites for hydroxylation is 1. The van der Waals surface area contributed by atoms with Gasteiger partial charge in [-0.05, 0) is 42.8 Å². The molecule has 2 fully saturated rings. The smallest absolute Gasteiger partial charge is 0.321 e. The molecule has 2 saturated heterocycles. The van der Waals surface area contributed by atoms with E-state index >= 15 is 0 Å². The molecule has 2 aliphatic rings.